The van der Waals surface area contributed by atoms with E-state index in [0.717, 1.165) is 5.56 Å². The summed E-state index contributed by atoms with van der Waals surface area (Å²) in [4.78, 5) is 14.2. The molecule has 0 radical (unpaired) electrons. The monoisotopic (exact) mass is 270 g/mol. The molecule has 0 unspecified atom stereocenters. The highest BCUT2D eigenvalue weighted by Gasteiger charge is 2.24. The minimum atomic E-state index is -0.251. The molecule has 1 heterocycles. The Hall–Kier alpha value is -2.36. The van der Waals surface area contributed by atoms with Crippen molar-refractivity contribution >= 4 is 5.91 Å². The van der Waals surface area contributed by atoms with Crippen LogP contribution in [0.25, 0.3) is 0 Å². The highest BCUT2D eigenvalue weighted by Crippen LogP contribution is 2.11. The molecule has 4 heteroatoms. The number of rotatable bonds is 4. The van der Waals surface area contributed by atoms with Gasteiger partial charge in [-0.15, -0.1) is 0 Å². The van der Waals surface area contributed by atoms with E-state index in [0.29, 0.717) is 11.3 Å². The third-order valence-electron chi connectivity index (χ3n) is 3.12. The average Bonchev–Trinajstić information content (AvgIpc) is 2.45. The predicted molar refractivity (Wildman–Crippen MR) is 76.9 cm³/mol. The number of hydrogen-bond acceptors (Lipinski definition) is 2. The number of carbonyl (C=O) groups is 1. The number of benzene rings is 1. The molecule has 1 amide bonds. The van der Waals surface area contributed by atoms with E-state index in [1.54, 1.807) is 23.1 Å². The van der Waals surface area contributed by atoms with Crippen molar-refractivity contribution in [3.63, 3.8) is 0 Å². The van der Waals surface area contributed by atoms with Gasteiger partial charge in [-0.25, -0.2) is 0 Å². The van der Waals surface area contributed by atoms with Gasteiger partial charge in [0.25, 0.3) is 5.69 Å². The highest BCUT2D eigenvalue weighted by atomic mass is 16.5. The smallest absolute Gasteiger partial charge is 0.320 e. The summed E-state index contributed by atoms with van der Waals surface area (Å²) in [6.07, 6.45) is 1.34. The molecule has 1 aromatic heterocycles. The molecular formula is C16H18N2O2. The summed E-state index contributed by atoms with van der Waals surface area (Å²) >= 11 is 0. The summed E-state index contributed by atoms with van der Waals surface area (Å²) in [5, 5.41) is 11.7. The largest absolute Gasteiger partial charge is 0.618 e. The van der Waals surface area contributed by atoms with Gasteiger partial charge in [-0.2, -0.15) is 4.73 Å². The van der Waals surface area contributed by atoms with Gasteiger partial charge in [0, 0.05) is 24.7 Å². The summed E-state index contributed by atoms with van der Waals surface area (Å²) in [7, 11) is 0. The second kappa shape index (κ2) is 6.19. The van der Waals surface area contributed by atoms with E-state index in [2.05, 4.69) is 0 Å². The molecule has 0 aliphatic heterocycles. The zero-order valence-electron chi connectivity index (χ0n) is 11.7. The SMILES string of the molecule is CC(C)N(Cc1ccccc1)C(=O)c1cccc[n+]1[O-]. The molecule has 104 valence electrons. The van der Waals surface area contributed by atoms with Gasteiger partial charge in [0.15, 0.2) is 6.20 Å². The molecule has 0 atom stereocenters. The Kier molecular flexibility index (Phi) is 4.35. The van der Waals surface area contributed by atoms with Crippen LogP contribution < -0.4 is 4.73 Å². The zero-order valence-corrected chi connectivity index (χ0v) is 11.7. The van der Waals surface area contributed by atoms with Crippen LogP contribution >= 0.6 is 0 Å². The summed E-state index contributed by atoms with van der Waals surface area (Å²) in [6, 6.07) is 14.6. The van der Waals surface area contributed by atoms with E-state index in [-0.39, 0.29) is 17.6 Å². The van der Waals surface area contributed by atoms with Crippen LogP contribution in [0.15, 0.2) is 54.7 Å². The standard InChI is InChI=1S/C16H18N2O2/c1-13(2)17(12-14-8-4-3-5-9-14)16(19)15-10-6-7-11-18(15)20/h3-11,13H,12H2,1-2H3. The maximum atomic E-state index is 12.5. The van der Waals surface area contributed by atoms with E-state index in [1.165, 1.54) is 6.20 Å². The second-order valence-corrected chi connectivity index (χ2v) is 4.92. The van der Waals surface area contributed by atoms with E-state index in [4.69, 9.17) is 0 Å². The molecule has 1 aromatic carbocycles. The lowest BCUT2D eigenvalue weighted by Crippen LogP contribution is -2.43. The van der Waals surface area contributed by atoms with Crippen molar-refractivity contribution in [2.75, 3.05) is 0 Å². The first-order chi connectivity index (χ1) is 9.59. The first kappa shape index (κ1) is 14.1. The van der Waals surface area contributed by atoms with E-state index < -0.39 is 0 Å². The second-order valence-electron chi connectivity index (χ2n) is 4.92. The van der Waals surface area contributed by atoms with Gasteiger partial charge in [0.1, 0.15) is 0 Å². The first-order valence-electron chi connectivity index (χ1n) is 6.62. The third kappa shape index (κ3) is 3.15. The van der Waals surface area contributed by atoms with E-state index >= 15 is 0 Å². The Balaban J connectivity index is 2.25. The summed E-state index contributed by atoms with van der Waals surface area (Å²) in [5.41, 5.74) is 1.19. The topological polar surface area (TPSA) is 47.2 Å². The summed E-state index contributed by atoms with van der Waals surface area (Å²) in [6.45, 7) is 4.38. The van der Waals surface area contributed by atoms with Gasteiger partial charge in [-0.3, -0.25) is 4.79 Å². The first-order valence-corrected chi connectivity index (χ1v) is 6.62. The summed E-state index contributed by atoms with van der Waals surface area (Å²) < 4.78 is 0.614. The van der Waals surface area contributed by atoms with E-state index in [1.807, 2.05) is 44.2 Å². The third-order valence-corrected chi connectivity index (χ3v) is 3.12. The van der Waals surface area contributed by atoms with Crippen molar-refractivity contribution in [2.45, 2.75) is 26.4 Å². The Labute approximate surface area is 118 Å². The van der Waals surface area contributed by atoms with Crippen molar-refractivity contribution in [2.24, 2.45) is 0 Å². The van der Waals surface area contributed by atoms with Crippen molar-refractivity contribution in [3.05, 3.63) is 71.2 Å². The fourth-order valence-corrected chi connectivity index (χ4v) is 2.01. The van der Waals surface area contributed by atoms with Crippen LogP contribution in [0.4, 0.5) is 0 Å². The minimum absolute atomic E-state index is 0.0166. The molecule has 0 N–H and O–H groups in total. The Morgan fingerprint density at radius 2 is 1.80 bits per heavy atom. The average molecular weight is 270 g/mol. The lowest BCUT2D eigenvalue weighted by Gasteiger charge is -2.26. The molecular weight excluding hydrogens is 252 g/mol. The minimum Gasteiger partial charge on any atom is -0.618 e. The van der Waals surface area contributed by atoms with Gasteiger partial charge in [-0.05, 0) is 25.5 Å². The van der Waals surface area contributed by atoms with Gasteiger partial charge in [-0.1, -0.05) is 30.3 Å². The molecule has 0 aliphatic carbocycles. The fraction of sp³-hybridized carbons (Fsp3) is 0.250. The molecule has 0 aliphatic rings. The lowest BCUT2D eigenvalue weighted by molar-refractivity contribution is -0.608. The van der Waals surface area contributed by atoms with Crippen LogP contribution in [0.1, 0.15) is 29.9 Å². The van der Waals surface area contributed by atoms with Crippen LogP contribution in [0, 0.1) is 5.21 Å². The number of hydrogen-bond donors (Lipinski definition) is 0. The van der Waals surface area contributed by atoms with Crippen molar-refractivity contribution < 1.29 is 9.52 Å². The lowest BCUT2D eigenvalue weighted by atomic mass is 10.1. The maximum absolute atomic E-state index is 12.5. The number of carbonyl (C=O) groups excluding carboxylic acids is 1. The van der Waals surface area contributed by atoms with Gasteiger partial charge in [0.05, 0.1) is 0 Å². The molecule has 0 spiro atoms. The van der Waals surface area contributed by atoms with Gasteiger partial charge in [0.2, 0.25) is 0 Å². The zero-order chi connectivity index (χ0) is 14.5. The number of pyridine rings is 1. The van der Waals surface area contributed by atoms with Crippen LogP contribution in [-0.4, -0.2) is 16.8 Å². The van der Waals surface area contributed by atoms with Crippen molar-refractivity contribution in [1.29, 1.82) is 0 Å². The molecule has 0 bridgehead atoms. The molecule has 0 fully saturated rings. The van der Waals surface area contributed by atoms with Gasteiger partial charge >= 0.3 is 5.91 Å². The molecule has 2 rings (SSSR count). The summed E-state index contributed by atoms with van der Waals surface area (Å²) in [5.74, 6) is -0.251. The molecule has 2 aromatic rings. The molecule has 0 saturated heterocycles. The van der Waals surface area contributed by atoms with Crippen molar-refractivity contribution in [3.8, 4) is 0 Å². The van der Waals surface area contributed by atoms with Crippen LogP contribution in [-0.2, 0) is 6.54 Å². The number of nitrogens with zero attached hydrogens (tertiary/aromatic N) is 2. The fourth-order valence-electron chi connectivity index (χ4n) is 2.01. The Morgan fingerprint density at radius 3 is 2.40 bits per heavy atom. The molecule has 20 heavy (non-hydrogen) atoms. The number of amides is 1. The highest BCUT2D eigenvalue weighted by molar-refractivity contribution is 5.91. The quantitative estimate of drug-likeness (QED) is 0.632. The molecule has 4 nitrogen and oxygen atoms in total. The Bertz CT molecular complexity index is 582. The Morgan fingerprint density at radius 1 is 1.15 bits per heavy atom. The van der Waals surface area contributed by atoms with Crippen molar-refractivity contribution in [1.82, 2.24) is 4.90 Å². The maximum Gasteiger partial charge on any atom is 0.320 e. The number of aromatic nitrogens is 1. The van der Waals surface area contributed by atoms with Gasteiger partial charge < -0.3 is 10.1 Å². The predicted octanol–water partition coefficient (Wildman–Crippen LogP) is 2.37. The normalized spacial score (nSPS) is 10.6. The van der Waals surface area contributed by atoms with E-state index in [9.17, 15) is 10.0 Å². The molecule has 0 saturated carbocycles. The van der Waals surface area contributed by atoms with Crippen LogP contribution in [0.5, 0.6) is 0 Å². The van der Waals surface area contributed by atoms with Crippen LogP contribution in [0.3, 0.4) is 0 Å². The van der Waals surface area contributed by atoms with Crippen LogP contribution in [0.2, 0.25) is 0 Å².